The zero-order valence-corrected chi connectivity index (χ0v) is 12.0. The predicted molar refractivity (Wildman–Crippen MR) is 83.7 cm³/mol. The fourth-order valence-electron chi connectivity index (χ4n) is 1.78. The number of nitrogens with zero attached hydrogens (tertiary/aromatic N) is 2. The Kier molecular flexibility index (Phi) is 5.04. The number of benzene rings is 1. The monoisotopic (exact) mass is 282 g/mol. The van der Waals surface area contributed by atoms with Gasteiger partial charge >= 0.3 is 0 Å². The number of hydrogen-bond acceptors (Lipinski definition) is 4. The lowest BCUT2D eigenvalue weighted by molar-refractivity contribution is 0.0953. The van der Waals surface area contributed by atoms with Crippen molar-refractivity contribution in [1.29, 1.82) is 0 Å². The highest BCUT2D eigenvalue weighted by Gasteiger charge is 2.07. The Morgan fingerprint density at radius 2 is 2.05 bits per heavy atom. The van der Waals surface area contributed by atoms with Gasteiger partial charge in [-0.05, 0) is 24.1 Å². The van der Waals surface area contributed by atoms with Gasteiger partial charge < -0.3 is 10.6 Å². The fourth-order valence-corrected chi connectivity index (χ4v) is 1.78. The Bertz CT molecular complexity index is 622. The second-order valence-electron chi connectivity index (χ2n) is 4.46. The van der Waals surface area contributed by atoms with Crippen molar-refractivity contribution in [2.45, 2.75) is 13.3 Å². The van der Waals surface area contributed by atoms with Crippen LogP contribution in [0.1, 0.15) is 23.0 Å². The van der Waals surface area contributed by atoms with Gasteiger partial charge in [0.15, 0.2) is 0 Å². The lowest BCUT2D eigenvalue weighted by atomic mass is 10.1. The van der Waals surface area contributed by atoms with Crippen LogP contribution in [0.5, 0.6) is 0 Å². The smallest absolute Gasteiger partial charge is 0.270 e. The van der Waals surface area contributed by atoms with Gasteiger partial charge in [-0.1, -0.05) is 25.1 Å². The van der Waals surface area contributed by atoms with E-state index in [0.29, 0.717) is 18.1 Å². The van der Waals surface area contributed by atoms with Crippen LogP contribution in [0, 0.1) is 0 Å². The minimum atomic E-state index is -0.248. The van der Waals surface area contributed by atoms with Crippen LogP contribution < -0.4 is 10.6 Å². The number of aromatic nitrogens is 2. The SMILES string of the molecule is C=CCNC(=O)c1cc(Nc2ccc(CC)cc2)ncn1. The van der Waals surface area contributed by atoms with Crippen molar-refractivity contribution in [2.75, 3.05) is 11.9 Å². The van der Waals surface area contributed by atoms with Gasteiger partial charge in [0.25, 0.3) is 5.91 Å². The normalized spacial score (nSPS) is 9.95. The number of rotatable bonds is 6. The number of carbonyl (C=O) groups excluding carboxylic acids is 1. The van der Waals surface area contributed by atoms with Crippen LogP contribution in [0.15, 0.2) is 49.3 Å². The van der Waals surface area contributed by atoms with E-state index in [1.54, 1.807) is 12.1 Å². The van der Waals surface area contributed by atoms with Gasteiger partial charge in [0.2, 0.25) is 0 Å². The highest BCUT2D eigenvalue weighted by molar-refractivity contribution is 5.93. The summed E-state index contributed by atoms with van der Waals surface area (Å²) in [6.45, 7) is 6.07. The summed E-state index contributed by atoms with van der Waals surface area (Å²) in [5.74, 6) is 0.333. The molecule has 0 unspecified atom stereocenters. The second-order valence-corrected chi connectivity index (χ2v) is 4.46. The summed E-state index contributed by atoms with van der Waals surface area (Å²) < 4.78 is 0. The topological polar surface area (TPSA) is 66.9 Å². The van der Waals surface area contributed by atoms with E-state index in [-0.39, 0.29) is 5.91 Å². The number of anilines is 2. The lowest BCUT2D eigenvalue weighted by Gasteiger charge is -2.07. The summed E-state index contributed by atoms with van der Waals surface area (Å²) in [6, 6.07) is 9.70. The third kappa shape index (κ3) is 4.14. The molecule has 0 fully saturated rings. The largest absolute Gasteiger partial charge is 0.347 e. The lowest BCUT2D eigenvalue weighted by Crippen LogP contribution is -2.24. The van der Waals surface area contributed by atoms with E-state index < -0.39 is 0 Å². The molecule has 2 aromatic rings. The molecule has 5 nitrogen and oxygen atoms in total. The van der Waals surface area contributed by atoms with Crippen LogP contribution in [0.4, 0.5) is 11.5 Å². The van der Waals surface area contributed by atoms with Crippen molar-refractivity contribution >= 4 is 17.4 Å². The first kappa shape index (κ1) is 14.7. The van der Waals surface area contributed by atoms with Gasteiger partial charge in [0.1, 0.15) is 17.8 Å². The van der Waals surface area contributed by atoms with Crippen molar-refractivity contribution in [3.8, 4) is 0 Å². The third-order valence-corrected chi connectivity index (χ3v) is 2.94. The Balaban J connectivity index is 2.09. The first-order valence-electron chi connectivity index (χ1n) is 6.80. The number of hydrogen-bond donors (Lipinski definition) is 2. The quantitative estimate of drug-likeness (QED) is 0.799. The van der Waals surface area contributed by atoms with Gasteiger partial charge in [-0.2, -0.15) is 0 Å². The Hall–Kier alpha value is -2.69. The van der Waals surface area contributed by atoms with Crippen LogP contribution >= 0.6 is 0 Å². The number of nitrogens with one attached hydrogen (secondary N) is 2. The summed E-state index contributed by atoms with van der Waals surface area (Å²) in [7, 11) is 0. The van der Waals surface area contributed by atoms with Gasteiger partial charge in [-0.15, -0.1) is 6.58 Å². The first-order chi connectivity index (χ1) is 10.2. The molecule has 0 atom stereocenters. The van der Waals surface area contributed by atoms with E-state index >= 15 is 0 Å². The zero-order valence-electron chi connectivity index (χ0n) is 12.0. The summed E-state index contributed by atoms with van der Waals surface area (Å²) in [5, 5.41) is 5.84. The summed E-state index contributed by atoms with van der Waals surface area (Å²) >= 11 is 0. The van der Waals surface area contributed by atoms with Crippen LogP contribution in [0.2, 0.25) is 0 Å². The van der Waals surface area contributed by atoms with E-state index in [1.165, 1.54) is 11.9 Å². The first-order valence-corrected chi connectivity index (χ1v) is 6.80. The molecular weight excluding hydrogens is 264 g/mol. The molecular formula is C16H18N4O. The number of amides is 1. The van der Waals surface area contributed by atoms with Crippen LogP contribution in [-0.2, 0) is 6.42 Å². The molecule has 0 aliphatic carbocycles. The molecule has 1 aromatic heterocycles. The third-order valence-electron chi connectivity index (χ3n) is 2.94. The maximum absolute atomic E-state index is 11.8. The molecule has 21 heavy (non-hydrogen) atoms. The van der Waals surface area contributed by atoms with Crippen molar-refractivity contribution in [1.82, 2.24) is 15.3 Å². The molecule has 0 radical (unpaired) electrons. The molecule has 2 rings (SSSR count). The highest BCUT2D eigenvalue weighted by Crippen LogP contribution is 2.15. The molecule has 0 saturated carbocycles. The molecule has 1 amide bonds. The molecule has 0 bridgehead atoms. The Morgan fingerprint density at radius 1 is 1.29 bits per heavy atom. The fraction of sp³-hybridized carbons (Fsp3) is 0.188. The Morgan fingerprint density at radius 3 is 2.71 bits per heavy atom. The summed E-state index contributed by atoms with van der Waals surface area (Å²) in [4.78, 5) is 19.9. The maximum Gasteiger partial charge on any atom is 0.270 e. The van der Waals surface area contributed by atoms with Crippen LogP contribution in [0.3, 0.4) is 0 Å². The molecule has 5 heteroatoms. The molecule has 0 spiro atoms. The van der Waals surface area contributed by atoms with Crippen LogP contribution in [-0.4, -0.2) is 22.4 Å². The maximum atomic E-state index is 11.8. The second kappa shape index (κ2) is 7.19. The average Bonchev–Trinajstić information content (AvgIpc) is 2.53. The van der Waals surface area contributed by atoms with Gasteiger partial charge in [0.05, 0.1) is 0 Å². The molecule has 0 aliphatic heterocycles. The van der Waals surface area contributed by atoms with E-state index in [2.05, 4.69) is 46.2 Å². The van der Waals surface area contributed by atoms with Crippen molar-refractivity contribution in [3.05, 3.63) is 60.6 Å². The van der Waals surface area contributed by atoms with Gasteiger partial charge in [0, 0.05) is 18.3 Å². The van der Waals surface area contributed by atoms with Gasteiger partial charge in [-0.25, -0.2) is 9.97 Å². The molecule has 108 valence electrons. The summed E-state index contributed by atoms with van der Waals surface area (Å²) in [5.41, 5.74) is 2.51. The minimum Gasteiger partial charge on any atom is -0.347 e. The predicted octanol–water partition coefficient (Wildman–Crippen LogP) is 2.70. The van der Waals surface area contributed by atoms with Gasteiger partial charge in [-0.3, -0.25) is 4.79 Å². The molecule has 0 aliphatic rings. The number of aryl methyl sites for hydroxylation is 1. The Labute approximate surface area is 124 Å². The summed E-state index contributed by atoms with van der Waals surface area (Å²) in [6.07, 6.45) is 3.99. The van der Waals surface area contributed by atoms with Crippen LogP contribution in [0.25, 0.3) is 0 Å². The highest BCUT2D eigenvalue weighted by atomic mass is 16.1. The van der Waals surface area contributed by atoms with E-state index in [9.17, 15) is 4.79 Å². The zero-order chi connectivity index (χ0) is 15.1. The van der Waals surface area contributed by atoms with E-state index in [4.69, 9.17) is 0 Å². The van der Waals surface area contributed by atoms with Crippen molar-refractivity contribution in [2.24, 2.45) is 0 Å². The average molecular weight is 282 g/mol. The standard InChI is InChI=1S/C16H18N4O/c1-3-9-17-16(21)14-10-15(19-11-18-14)20-13-7-5-12(4-2)6-8-13/h3,5-8,10-11H,1,4,9H2,2H3,(H,17,21)(H,18,19,20). The molecule has 2 N–H and O–H groups in total. The van der Waals surface area contributed by atoms with E-state index in [0.717, 1.165) is 12.1 Å². The molecule has 1 aromatic carbocycles. The number of carbonyl (C=O) groups is 1. The van der Waals surface area contributed by atoms with Crippen molar-refractivity contribution < 1.29 is 4.79 Å². The van der Waals surface area contributed by atoms with Crippen molar-refractivity contribution in [3.63, 3.8) is 0 Å². The van der Waals surface area contributed by atoms with E-state index in [1.807, 2.05) is 12.1 Å². The molecule has 0 saturated heterocycles. The molecule has 1 heterocycles. The minimum absolute atomic E-state index is 0.248.